The first-order chi connectivity index (χ1) is 10.2. The quantitative estimate of drug-likeness (QED) is 0.809. The van der Waals surface area contributed by atoms with Gasteiger partial charge in [0.15, 0.2) is 5.58 Å². The van der Waals surface area contributed by atoms with Crippen LogP contribution in [0.2, 0.25) is 0 Å². The van der Waals surface area contributed by atoms with Crippen molar-refractivity contribution in [2.45, 2.75) is 38.1 Å². The van der Waals surface area contributed by atoms with Gasteiger partial charge in [0.1, 0.15) is 0 Å². The maximum absolute atomic E-state index is 11.9. The number of aryl methyl sites for hydroxylation is 1. The Morgan fingerprint density at radius 3 is 2.86 bits per heavy atom. The molecule has 0 radical (unpaired) electrons. The number of hydrogen-bond acceptors (Lipinski definition) is 3. The van der Waals surface area contributed by atoms with E-state index in [1.165, 1.54) is 0 Å². The third kappa shape index (κ3) is 2.87. The molecule has 0 N–H and O–H groups in total. The Bertz CT molecular complexity index is 670. The number of fused-ring (bicyclic) bond motifs is 1. The van der Waals surface area contributed by atoms with Gasteiger partial charge in [-0.15, -0.1) is 11.6 Å². The zero-order chi connectivity index (χ0) is 14.8. The first-order valence-corrected chi connectivity index (χ1v) is 7.99. The summed E-state index contributed by atoms with van der Waals surface area (Å²) in [6.07, 6.45) is 2.86. The third-order valence-electron chi connectivity index (χ3n) is 4.14. The summed E-state index contributed by atoms with van der Waals surface area (Å²) in [6.45, 7) is 4.27. The van der Waals surface area contributed by atoms with Crippen LogP contribution in [0.15, 0.2) is 27.4 Å². The number of rotatable bonds is 4. The van der Waals surface area contributed by atoms with Crippen LogP contribution in [-0.2, 0) is 11.3 Å². The maximum Gasteiger partial charge on any atom is 0.419 e. The molecule has 114 valence electrons. The minimum Gasteiger partial charge on any atom is -0.408 e. The molecular weight excluding hydrogens is 290 g/mol. The highest BCUT2D eigenvalue weighted by Gasteiger charge is 2.24. The molecule has 5 heteroatoms. The first kappa shape index (κ1) is 14.7. The van der Waals surface area contributed by atoms with E-state index in [9.17, 15) is 4.79 Å². The van der Waals surface area contributed by atoms with Gasteiger partial charge >= 0.3 is 5.76 Å². The molecule has 2 aromatic rings. The molecule has 0 saturated carbocycles. The largest absolute Gasteiger partial charge is 0.419 e. The van der Waals surface area contributed by atoms with E-state index < -0.39 is 0 Å². The summed E-state index contributed by atoms with van der Waals surface area (Å²) in [5.74, 6) is 0.128. The van der Waals surface area contributed by atoms with Crippen LogP contribution >= 0.6 is 11.6 Å². The Morgan fingerprint density at radius 1 is 1.38 bits per heavy atom. The minimum absolute atomic E-state index is 0.0573. The molecule has 0 bridgehead atoms. The van der Waals surface area contributed by atoms with E-state index in [2.05, 4.69) is 0 Å². The van der Waals surface area contributed by atoms with Crippen molar-refractivity contribution >= 4 is 22.7 Å². The molecule has 0 amide bonds. The number of oxazole rings is 1. The smallest absolute Gasteiger partial charge is 0.408 e. The number of alkyl halides is 1. The van der Waals surface area contributed by atoms with Crippen LogP contribution < -0.4 is 5.76 Å². The second kappa shape index (κ2) is 6.24. The third-order valence-corrected chi connectivity index (χ3v) is 4.75. The topological polar surface area (TPSA) is 44.4 Å². The van der Waals surface area contributed by atoms with Gasteiger partial charge in [-0.05, 0) is 42.9 Å². The second-order valence-electron chi connectivity index (χ2n) is 5.60. The lowest BCUT2D eigenvalue weighted by atomic mass is 9.92. The number of nitrogens with zero attached hydrogens (tertiary/aromatic N) is 1. The zero-order valence-electron chi connectivity index (χ0n) is 12.2. The summed E-state index contributed by atoms with van der Waals surface area (Å²) >= 11 is 6.61. The summed E-state index contributed by atoms with van der Waals surface area (Å²) < 4.78 is 12.4. The van der Waals surface area contributed by atoms with Gasteiger partial charge in [0.2, 0.25) is 0 Å². The molecule has 0 aliphatic carbocycles. The molecule has 0 spiro atoms. The lowest BCUT2D eigenvalue weighted by molar-refractivity contribution is 0.0651. The van der Waals surface area contributed by atoms with Gasteiger partial charge in [-0.1, -0.05) is 13.0 Å². The van der Waals surface area contributed by atoms with Crippen molar-refractivity contribution in [3.05, 3.63) is 34.3 Å². The fourth-order valence-corrected chi connectivity index (χ4v) is 3.36. The zero-order valence-corrected chi connectivity index (χ0v) is 12.9. The van der Waals surface area contributed by atoms with Crippen molar-refractivity contribution < 1.29 is 9.15 Å². The molecule has 2 heterocycles. The van der Waals surface area contributed by atoms with E-state index in [1.54, 1.807) is 4.57 Å². The molecular formula is C16H20ClNO3. The van der Waals surface area contributed by atoms with Gasteiger partial charge in [-0.3, -0.25) is 4.57 Å². The lowest BCUT2D eigenvalue weighted by Gasteiger charge is -2.26. The summed E-state index contributed by atoms with van der Waals surface area (Å²) in [5, 5.41) is -0.0573. The van der Waals surface area contributed by atoms with Crippen molar-refractivity contribution in [2.75, 3.05) is 13.2 Å². The molecule has 1 unspecified atom stereocenters. The van der Waals surface area contributed by atoms with Crippen LogP contribution in [0.5, 0.6) is 0 Å². The fourth-order valence-electron chi connectivity index (χ4n) is 2.97. The van der Waals surface area contributed by atoms with Gasteiger partial charge in [-0.25, -0.2) is 4.79 Å². The van der Waals surface area contributed by atoms with Crippen molar-refractivity contribution in [3.8, 4) is 0 Å². The molecule has 1 atom stereocenters. The Labute approximate surface area is 128 Å². The van der Waals surface area contributed by atoms with Crippen LogP contribution in [0, 0.1) is 5.92 Å². The highest BCUT2D eigenvalue weighted by atomic mass is 35.5. The number of hydrogen-bond donors (Lipinski definition) is 0. The Hall–Kier alpha value is -1.26. The molecule has 4 nitrogen and oxygen atoms in total. The Kier molecular flexibility index (Phi) is 4.36. The van der Waals surface area contributed by atoms with Crippen LogP contribution in [0.25, 0.3) is 11.1 Å². The lowest BCUT2D eigenvalue weighted by Crippen LogP contribution is -2.19. The van der Waals surface area contributed by atoms with E-state index in [0.29, 0.717) is 18.0 Å². The monoisotopic (exact) mass is 309 g/mol. The van der Waals surface area contributed by atoms with Crippen molar-refractivity contribution in [1.82, 2.24) is 4.57 Å². The molecule has 1 aromatic carbocycles. The van der Waals surface area contributed by atoms with Gasteiger partial charge in [0.05, 0.1) is 10.9 Å². The predicted octanol–water partition coefficient (Wildman–Crippen LogP) is 3.71. The highest BCUT2D eigenvalue weighted by Crippen LogP contribution is 2.36. The van der Waals surface area contributed by atoms with Crippen LogP contribution in [-0.4, -0.2) is 17.8 Å². The summed E-state index contributed by atoms with van der Waals surface area (Å²) in [7, 11) is 0. The predicted molar refractivity (Wildman–Crippen MR) is 82.9 cm³/mol. The number of aromatic nitrogens is 1. The van der Waals surface area contributed by atoms with Crippen molar-refractivity contribution in [1.29, 1.82) is 0 Å². The van der Waals surface area contributed by atoms with Crippen molar-refractivity contribution in [2.24, 2.45) is 5.92 Å². The maximum atomic E-state index is 11.9. The van der Waals surface area contributed by atoms with Crippen LogP contribution in [0.4, 0.5) is 0 Å². The molecule has 21 heavy (non-hydrogen) atoms. The average molecular weight is 310 g/mol. The van der Waals surface area contributed by atoms with Crippen LogP contribution in [0.1, 0.15) is 37.1 Å². The molecule has 1 aliphatic rings. The van der Waals surface area contributed by atoms with Gasteiger partial charge in [0, 0.05) is 19.8 Å². The number of halogens is 1. The highest BCUT2D eigenvalue weighted by molar-refractivity contribution is 6.21. The molecule has 1 aromatic heterocycles. The SMILES string of the molecule is CCCn1c(=O)oc2cc(C(Cl)C3CCOCC3)ccc21. The minimum atomic E-state index is -0.291. The van der Waals surface area contributed by atoms with E-state index >= 15 is 0 Å². The Balaban J connectivity index is 1.92. The summed E-state index contributed by atoms with van der Waals surface area (Å²) in [6, 6.07) is 5.87. The van der Waals surface area contributed by atoms with Gasteiger partial charge in [0.25, 0.3) is 0 Å². The number of ether oxygens (including phenoxy) is 1. The van der Waals surface area contributed by atoms with E-state index in [-0.39, 0.29) is 11.1 Å². The molecule has 3 rings (SSSR count). The van der Waals surface area contributed by atoms with Crippen LogP contribution in [0.3, 0.4) is 0 Å². The van der Waals surface area contributed by atoms with E-state index in [0.717, 1.165) is 43.6 Å². The van der Waals surface area contributed by atoms with E-state index in [1.807, 2.05) is 25.1 Å². The summed E-state index contributed by atoms with van der Waals surface area (Å²) in [4.78, 5) is 11.9. The second-order valence-corrected chi connectivity index (χ2v) is 6.07. The molecule has 1 aliphatic heterocycles. The molecule has 1 fully saturated rings. The summed E-state index contributed by atoms with van der Waals surface area (Å²) in [5.41, 5.74) is 2.50. The van der Waals surface area contributed by atoms with Gasteiger partial charge in [-0.2, -0.15) is 0 Å². The average Bonchev–Trinajstić information content (AvgIpc) is 2.83. The first-order valence-electron chi connectivity index (χ1n) is 7.56. The fraction of sp³-hybridized carbons (Fsp3) is 0.562. The normalized spacial score (nSPS) is 18.2. The van der Waals surface area contributed by atoms with Gasteiger partial charge < -0.3 is 9.15 Å². The number of benzene rings is 1. The standard InChI is InChI=1S/C16H20ClNO3/c1-2-7-18-13-4-3-12(10-14(13)21-16(18)19)15(17)11-5-8-20-9-6-11/h3-4,10-11,15H,2,5-9H2,1H3. The molecule has 1 saturated heterocycles. The Morgan fingerprint density at radius 2 is 2.14 bits per heavy atom. The van der Waals surface area contributed by atoms with E-state index in [4.69, 9.17) is 20.8 Å². The van der Waals surface area contributed by atoms with Crippen molar-refractivity contribution in [3.63, 3.8) is 0 Å².